The van der Waals surface area contributed by atoms with E-state index in [-0.39, 0.29) is 5.56 Å². The molecule has 31 heavy (non-hydrogen) atoms. The predicted molar refractivity (Wildman–Crippen MR) is 124 cm³/mol. The van der Waals surface area contributed by atoms with Crippen LogP contribution in [0.25, 0.3) is 11.2 Å². The molecule has 2 atom stereocenters. The van der Waals surface area contributed by atoms with Crippen molar-refractivity contribution < 1.29 is 0 Å². The Morgan fingerprint density at radius 3 is 2.23 bits per heavy atom. The molecule has 0 N–H and O–H groups in total. The average Bonchev–Trinajstić information content (AvgIpc) is 3.05. The first-order valence-corrected chi connectivity index (χ1v) is 11.2. The minimum Gasteiger partial charge on any atom is -0.316 e. The van der Waals surface area contributed by atoms with Crippen LogP contribution >= 0.6 is 23.2 Å². The van der Waals surface area contributed by atoms with E-state index in [1.54, 1.807) is 25.2 Å². The van der Waals surface area contributed by atoms with Crippen LogP contribution < -0.4 is 11.2 Å². The highest BCUT2D eigenvalue weighted by Crippen LogP contribution is 2.28. The first-order chi connectivity index (χ1) is 14.7. The molecule has 1 fully saturated rings. The molecule has 9 heteroatoms. The van der Waals surface area contributed by atoms with Crippen LogP contribution in [0.15, 0.2) is 27.8 Å². The number of hydrogen-bond donors (Lipinski definition) is 0. The molecule has 1 saturated heterocycles. The lowest BCUT2D eigenvalue weighted by Gasteiger charge is -2.34. The Bertz CT molecular complexity index is 1230. The summed E-state index contributed by atoms with van der Waals surface area (Å²) in [6.45, 7) is 7.34. The van der Waals surface area contributed by atoms with Gasteiger partial charge in [0.1, 0.15) is 5.82 Å². The SMILES string of the molecule is C[C@H]1C[C@H](C)CN(Cc2nc3c(c(=O)n(C)c(=O)n3C)n2Cc2c(Cl)cccc2Cl)C1. The van der Waals surface area contributed by atoms with Crippen LogP contribution in [-0.4, -0.2) is 36.7 Å². The number of halogens is 2. The number of aryl methyl sites for hydroxylation is 1. The summed E-state index contributed by atoms with van der Waals surface area (Å²) in [6, 6.07) is 5.35. The molecule has 0 radical (unpaired) electrons. The topological polar surface area (TPSA) is 65.1 Å². The van der Waals surface area contributed by atoms with Gasteiger partial charge in [0.2, 0.25) is 0 Å². The van der Waals surface area contributed by atoms with Crippen molar-refractivity contribution in [2.75, 3.05) is 13.1 Å². The summed E-state index contributed by atoms with van der Waals surface area (Å²) < 4.78 is 4.41. The van der Waals surface area contributed by atoms with Gasteiger partial charge < -0.3 is 4.57 Å². The summed E-state index contributed by atoms with van der Waals surface area (Å²) in [5.74, 6) is 1.92. The molecule has 1 aliphatic heterocycles. The molecule has 3 aromatic rings. The van der Waals surface area contributed by atoms with Crippen molar-refractivity contribution in [2.24, 2.45) is 25.9 Å². The smallest absolute Gasteiger partial charge is 0.316 e. The van der Waals surface area contributed by atoms with Crippen LogP contribution in [0.4, 0.5) is 0 Å². The molecule has 1 aliphatic rings. The van der Waals surface area contributed by atoms with Crippen molar-refractivity contribution in [3.8, 4) is 0 Å². The van der Waals surface area contributed by atoms with Crippen LogP contribution in [0.3, 0.4) is 0 Å². The van der Waals surface area contributed by atoms with E-state index in [1.165, 1.54) is 18.0 Å². The molecular formula is C22H27Cl2N5O2. The highest BCUT2D eigenvalue weighted by molar-refractivity contribution is 6.36. The average molecular weight is 464 g/mol. The number of benzene rings is 1. The van der Waals surface area contributed by atoms with Crippen molar-refractivity contribution in [3.05, 3.63) is 60.5 Å². The maximum absolute atomic E-state index is 13.1. The standard InChI is InChI=1S/C22H27Cl2N5O2/c1-13-8-14(2)10-28(9-13)12-18-25-20-19(21(30)27(4)22(31)26(20)3)29(18)11-15-16(23)6-5-7-17(15)24/h5-7,13-14H,8-12H2,1-4H3/t13-,14-/m0/s1. The van der Waals surface area contributed by atoms with Crippen LogP contribution in [0.2, 0.25) is 10.0 Å². The highest BCUT2D eigenvalue weighted by atomic mass is 35.5. The van der Waals surface area contributed by atoms with Crippen molar-refractivity contribution in [3.63, 3.8) is 0 Å². The van der Waals surface area contributed by atoms with Gasteiger partial charge in [0, 0.05) is 42.8 Å². The minimum absolute atomic E-state index is 0.302. The zero-order valence-corrected chi connectivity index (χ0v) is 19.7. The van der Waals surface area contributed by atoms with E-state index in [0.29, 0.717) is 46.1 Å². The first-order valence-electron chi connectivity index (χ1n) is 10.5. The van der Waals surface area contributed by atoms with Gasteiger partial charge in [-0.2, -0.15) is 0 Å². The molecule has 1 aromatic carbocycles. The third-order valence-corrected chi connectivity index (χ3v) is 6.82. The summed E-state index contributed by atoms with van der Waals surface area (Å²) in [7, 11) is 3.12. The van der Waals surface area contributed by atoms with Gasteiger partial charge in [-0.1, -0.05) is 43.1 Å². The van der Waals surface area contributed by atoms with Gasteiger partial charge in [-0.15, -0.1) is 0 Å². The molecule has 0 saturated carbocycles. The minimum atomic E-state index is -0.398. The maximum atomic E-state index is 13.1. The van der Waals surface area contributed by atoms with Crippen molar-refractivity contribution >= 4 is 34.4 Å². The fourth-order valence-electron chi connectivity index (χ4n) is 4.75. The van der Waals surface area contributed by atoms with Gasteiger partial charge in [-0.3, -0.25) is 18.8 Å². The summed E-state index contributed by atoms with van der Waals surface area (Å²) >= 11 is 12.9. The third kappa shape index (κ3) is 4.06. The summed E-state index contributed by atoms with van der Waals surface area (Å²) in [4.78, 5) is 32.7. The molecule has 0 amide bonds. The Morgan fingerprint density at radius 1 is 1.00 bits per heavy atom. The van der Waals surface area contributed by atoms with Gasteiger partial charge in [0.25, 0.3) is 5.56 Å². The zero-order valence-electron chi connectivity index (χ0n) is 18.2. The highest BCUT2D eigenvalue weighted by Gasteiger charge is 2.26. The normalized spacial score (nSPS) is 19.9. The summed E-state index contributed by atoms with van der Waals surface area (Å²) in [6.07, 6.45) is 1.21. The quantitative estimate of drug-likeness (QED) is 0.595. The molecule has 0 unspecified atom stereocenters. The third-order valence-electron chi connectivity index (χ3n) is 6.11. The Balaban J connectivity index is 1.89. The predicted octanol–water partition coefficient (Wildman–Crippen LogP) is 3.27. The molecule has 0 spiro atoms. The number of imidazole rings is 1. The van der Waals surface area contributed by atoms with Crippen LogP contribution in [0.5, 0.6) is 0 Å². The number of piperidine rings is 1. The lowest BCUT2D eigenvalue weighted by atomic mass is 9.92. The summed E-state index contributed by atoms with van der Waals surface area (Å²) in [5.41, 5.74) is 0.714. The van der Waals surface area contributed by atoms with Gasteiger partial charge in [-0.25, -0.2) is 9.78 Å². The Kier molecular flexibility index (Phi) is 6.03. The van der Waals surface area contributed by atoms with Gasteiger partial charge >= 0.3 is 5.69 Å². The Morgan fingerprint density at radius 2 is 1.61 bits per heavy atom. The van der Waals surface area contributed by atoms with Crippen molar-refractivity contribution in [1.82, 2.24) is 23.6 Å². The lowest BCUT2D eigenvalue weighted by molar-refractivity contribution is 0.130. The van der Waals surface area contributed by atoms with E-state index in [1.807, 2.05) is 4.57 Å². The van der Waals surface area contributed by atoms with Crippen molar-refractivity contribution in [1.29, 1.82) is 0 Å². The molecular weight excluding hydrogens is 437 g/mol. The summed E-state index contributed by atoms with van der Waals surface area (Å²) in [5, 5.41) is 1.06. The van der Waals surface area contributed by atoms with Crippen LogP contribution in [0, 0.1) is 11.8 Å². The molecule has 166 valence electrons. The Labute approximate surface area is 190 Å². The van der Waals surface area contributed by atoms with Gasteiger partial charge in [-0.05, 0) is 30.4 Å². The first kappa shape index (κ1) is 22.1. The van der Waals surface area contributed by atoms with Gasteiger partial charge in [0.05, 0.1) is 13.1 Å². The largest absolute Gasteiger partial charge is 0.332 e. The molecule has 0 bridgehead atoms. The van der Waals surface area contributed by atoms with E-state index < -0.39 is 5.69 Å². The second-order valence-electron chi connectivity index (χ2n) is 8.83. The van der Waals surface area contributed by atoms with E-state index >= 15 is 0 Å². The van der Waals surface area contributed by atoms with E-state index in [0.717, 1.165) is 29.0 Å². The molecule has 3 heterocycles. The second kappa shape index (κ2) is 8.45. The van der Waals surface area contributed by atoms with Crippen molar-refractivity contribution in [2.45, 2.75) is 33.4 Å². The van der Waals surface area contributed by atoms with Gasteiger partial charge in [0.15, 0.2) is 11.2 Å². The number of aromatic nitrogens is 4. The number of rotatable bonds is 4. The lowest BCUT2D eigenvalue weighted by Crippen LogP contribution is -2.39. The van der Waals surface area contributed by atoms with E-state index in [4.69, 9.17) is 28.2 Å². The molecule has 4 rings (SSSR count). The fourth-order valence-corrected chi connectivity index (χ4v) is 5.26. The van der Waals surface area contributed by atoms with Crippen LogP contribution in [0.1, 0.15) is 31.7 Å². The fraction of sp³-hybridized carbons (Fsp3) is 0.500. The van der Waals surface area contributed by atoms with Crippen LogP contribution in [-0.2, 0) is 27.2 Å². The number of likely N-dealkylation sites (tertiary alicyclic amines) is 1. The number of hydrogen-bond acceptors (Lipinski definition) is 4. The molecule has 7 nitrogen and oxygen atoms in total. The number of fused-ring (bicyclic) bond motifs is 1. The van der Waals surface area contributed by atoms with E-state index in [2.05, 4.69) is 18.7 Å². The van der Waals surface area contributed by atoms with E-state index in [9.17, 15) is 9.59 Å². The number of nitrogens with zero attached hydrogens (tertiary/aromatic N) is 5. The zero-order chi connectivity index (χ0) is 22.4. The molecule has 2 aromatic heterocycles. The second-order valence-corrected chi connectivity index (χ2v) is 9.65. The Hall–Kier alpha value is -2.09. The monoisotopic (exact) mass is 463 g/mol. The molecule has 0 aliphatic carbocycles. The maximum Gasteiger partial charge on any atom is 0.332 e.